The van der Waals surface area contributed by atoms with Crippen molar-refractivity contribution < 1.29 is 29.0 Å². The smallest absolute Gasteiger partial charge is 0.405 e. The van der Waals surface area contributed by atoms with E-state index in [0.29, 0.717) is 43.4 Å². The van der Waals surface area contributed by atoms with E-state index in [4.69, 9.17) is 33.0 Å². The van der Waals surface area contributed by atoms with Crippen molar-refractivity contribution >= 4 is 96.3 Å². The molecule has 2 unspecified atom stereocenters. The lowest BCUT2D eigenvalue weighted by Crippen LogP contribution is -2.40. The van der Waals surface area contributed by atoms with Gasteiger partial charge in [-0.15, -0.1) is 34.5 Å². The van der Waals surface area contributed by atoms with Gasteiger partial charge in [-0.05, 0) is 59.4 Å². The van der Waals surface area contributed by atoms with Crippen LogP contribution in [0.25, 0.3) is 20.9 Å². The maximum absolute atomic E-state index is 14.0. The molecule has 7 rings (SSSR count). The van der Waals surface area contributed by atoms with E-state index < -0.39 is 18.0 Å². The van der Waals surface area contributed by atoms with Gasteiger partial charge in [-0.1, -0.05) is 54.6 Å². The highest BCUT2D eigenvalue weighted by molar-refractivity contribution is 7.17. The largest absolute Gasteiger partial charge is 0.487 e. The van der Waals surface area contributed by atoms with Crippen molar-refractivity contribution in [2.24, 2.45) is 0 Å². The van der Waals surface area contributed by atoms with Crippen LogP contribution in [0.15, 0.2) is 72.1 Å². The minimum atomic E-state index is -1.31. The van der Waals surface area contributed by atoms with E-state index in [1.807, 2.05) is 60.7 Å². The van der Waals surface area contributed by atoms with Crippen molar-refractivity contribution in [2.45, 2.75) is 57.6 Å². The normalized spacial score (nSPS) is 16.7. The van der Waals surface area contributed by atoms with Crippen LogP contribution in [0.1, 0.15) is 60.3 Å². The standard InChI is InChI=1S/C41H40Cl2N4O6S/c1-23-22-54-39-33(53-21-25-9-4-3-5-10-25)16-32-38(36(23)39)27(18-43)20-47(32)35(49)14-8-13-34(48)46-19-26(17-42)37-29-12-7-6-11-28(29)30(15-31(37)46)45-40(50)24(2)44-41(51)52/h3-7,9-12,15-16,22,24,26-27,44H,8,13-14,17-21H2,1-2H3,(H,45,50)(H,51,52)/t24?,26-,27?/m1/s1. The summed E-state index contributed by atoms with van der Waals surface area (Å²) in [4.78, 5) is 55.5. The lowest BCUT2D eigenvalue weighted by molar-refractivity contribution is -0.120. The van der Waals surface area contributed by atoms with Crippen LogP contribution in [0.5, 0.6) is 5.75 Å². The van der Waals surface area contributed by atoms with Gasteiger partial charge in [0.05, 0.1) is 16.1 Å². The van der Waals surface area contributed by atoms with E-state index in [0.717, 1.165) is 54.5 Å². The Morgan fingerprint density at radius 2 is 1.50 bits per heavy atom. The molecule has 0 bridgehead atoms. The minimum absolute atomic E-state index is 0.0350. The van der Waals surface area contributed by atoms with Crippen LogP contribution in [0.2, 0.25) is 0 Å². The van der Waals surface area contributed by atoms with Crippen LogP contribution in [-0.2, 0) is 21.0 Å². The maximum Gasteiger partial charge on any atom is 0.405 e. The number of nitrogens with one attached hydrogen (secondary N) is 2. The van der Waals surface area contributed by atoms with Crippen molar-refractivity contribution in [2.75, 3.05) is 40.0 Å². The number of amides is 4. The Bertz CT molecular complexity index is 2260. The number of anilines is 3. The lowest BCUT2D eigenvalue weighted by Gasteiger charge is -2.21. The van der Waals surface area contributed by atoms with Crippen LogP contribution < -0.4 is 25.2 Å². The average molecular weight is 788 g/mol. The number of benzene rings is 4. The minimum Gasteiger partial charge on any atom is -0.487 e. The number of aryl methyl sites for hydroxylation is 1. The Kier molecular flexibility index (Phi) is 11.0. The number of alkyl halides is 2. The zero-order valence-corrected chi connectivity index (χ0v) is 32.2. The quantitative estimate of drug-likeness (QED) is 0.109. The number of hydrogen-bond donors (Lipinski definition) is 3. The van der Waals surface area contributed by atoms with Crippen LogP contribution in [0, 0.1) is 6.92 Å². The van der Waals surface area contributed by atoms with Gasteiger partial charge < -0.3 is 30.3 Å². The Labute approximate surface area is 327 Å². The molecule has 0 aliphatic carbocycles. The summed E-state index contributed by atoms with van der Waals surface area (Å²) >= 11 is 14.6. The average Bonchev–Trinajstić information content (AvgIpc) is 3.86. The summed E-state index contributed by atoms with van der Waals surface area (Å²) in [6.45, 7) is 4.75. The Hall–Kier alpha value is -4.84. The number of fused-ring (bicyclic) bond motifs is 6. The highest BCUT2D eigenvalue weighted by atomic mass is 35.5. The first kappa shape index (κ1) is 37.5. The highest BCUT2D eigenvalue weighted by Crippen LogP contribution is 2.49. The summed E-state index contributed by atoms with van der Waals surface area (Å²) in [5.74, 6) is 0.435. The second kappa shape index (κ2) is 15.9. The van der Waals surface area contributed by atoms with Crippen molar-refractivity contribution in [3.8, 4) is 5.75 Å². The van der Waals surface area contributed by atoms with Crippen LogP contribution >= 0.6 is 34.5 Å². The molecular weight excluding hydrogens is 747 g/mol. The fourth-order valence-corrected chi connectivity index (χ4v) is 9.21. The van der Waals surface area contributed by atoms with Gasteiger partial charge in [0.25, 0.3) is 0 Å². The number of hydrogen-bond acceptors (Lipinski definition) is 6. The number of halogens is 2. The molecule has 2 aliphatic rings. The highest BCUT2D eigenvalue weighted by Gasteiger charge is 2.37. The van der Waals surface area contributed by atoms with Gasteiger partial charge in [0, 0.05) is 72.1 Å². The fourth-order valence-electron chi connectivity index (χ4n) is 7.67. The van der Waals surface area contributed by atoms with Crippen molar-refractivity contribution in [1.82, 2.24) is 5.32 Å². The third-order valence-electron chi connectivity index (χ3n) is 10.3. The number of thiophene rings is 1. The van der Waals surface area contributed by atoms with Crippen molar-refractivity contribution in [3.63, 3.8) is 0 Å². The number of carbonyl (C=O) groups excluding carboxylic acids is 3. The van der Waals surface area contributed by atoms with Gasteiger partial charge in [-0.3, -0.25) is 14.4 Å². The van der Waals surface area contributed by atoms with Gasteiger partial charge in [0.15, 0.2) is 0 Å². The summed E-state index contributed by atoms with van der Waals surface area (Å²) in [7, 11) is 0. The molecule has 2 aliphatic heterocycles. The lowest BCUT2D eigenvalue weighted by atomic mass is 9.95. The third kappa shape index (κ3) is 7.20. The van der Waals surface area contributed by atoms with Crippen molar-refractivity contribution in [3.05, 3.63) is 94.4 Å². The number of carbonyl (C=O) groups is 4. The van der Waals surface area contributed by atoms with E-state index in [9.17, 15) is 19.2 Å². The van der Waals surface area contributed by atoms with Crippen LogP contribution in [0.4, 0.5) is 21.9 Å². The van der Waals surface area contributed by atoms with Crippen LogP contribution in [0.3, 0.4) is 0 Å². The molecule has 4 amide bonds. The molecule has 4 aromatic carbocycles. The predicted octanol–water partition coefficient (Wildman–Crippen LogP) is 8.75. The summed E-state index contributed by atoms with van der Waals surface area (Å²) < 4.78 is 7.41. The molecule has 13 heteroatoms. The summed E-state index contributed by atoms with van der Waals surface area (Å²) in [6.07, 6.45) is -0.688. The SMILES string of the molecule is Cc1csc2c(OCc3ccccc3)cc3c(c12)C(CCl)CN3C(=O)CCCC(=O)N1C[C@@H](CCl)c2c1cc(NC(=O)C(C)NC(=O)O)c1ccccc21. The molecule has 0 saturated carbocycles. The summed E-state index contributed by atoms with van der Waals surface area (Å²) in [5.41, 5.74) is 6.06. The second-order valence-corrected chi connectivity index (χ2v) is 15.3. The summed E-state index contributed by atoms with van der Waals surface area (Å²) in [5, 5.41) is 18.9. The van der Waals surface area contributed by atoms with Crippen LogP contribution in [-0.4, -0.2) is 59.8 Å². The first-order valence-corrected chi connectivity index (χ1v) is 19.8. The predicted molar refractivity (Wildman–Crippen MR) is 216 cm³/mol. The maximum atomic E-state index is 14.0. The molecule has 3 N–H and O–H groups in total. The Balaban J connectivity index is 1.09. The van der Waals surface area contributed by atoms with Crippen molar-refractivity contribution in [1.29, 1.82) is 0 Å². The van der Waals surface area contributed by atoms with Gasteiger partial charge in [-0.25, -0.2) is 4.79 Å². The molecule has 280 valence electrons. The molecule has 5 aromatic rings. The first-order chi connectivity index (χ1) is 26.1. The van der Waals surface area contributed by atoms with Gasteiger partial charge >= 0.3 is 6.09 Å². The number of nitrogens with zero attached hydrogens (tertiary/aromatic N) is 2. The zero-order chi connectivity index (χ0) is 38.1. The topological polar surface area (TPSA) is 128 Å². The van der Waals surface area contributed by atoms with E-state index in [2.05, 4.69) is 22.9 Å². The van der Waals surface area contributed by atoms with Gasteiger partial charge in [0.2, 0.25) is 17.7 Å². The van der Waals surface area contributed by atoms with E-state index >= 15 is 0 Å². The Morgan fingerprint density at radius 3 is 2.15 bits per heavy atom. The molecule has 10 nitrogen and oxygen atoms in total. The molecule has 3 atom stereocenters. The third-order valence-corrected chi connectivity index (χ3v) is 12.1. The molecule has 0 fully saturated rings. The monoisotopic (exact) mass is 786 g/mol. The molecule has 3 heterocycles. The number of rotatable bonds is 12. The molecule has 1 aromatic heterocycles. The molecule has 0 spiro atoms. The number of ether oxygens (including phenoxy) is 1. The zero-order valence-electron chi connectivity index (χ0n) is 29.9. The molecular formula is C41H40Cl2N4O6S. The summed E-state index contributed by atoms with van der Waals surface area (Å²) in [6, 6.07) is 20.2. The fraction of sp³-hybridized carbons (Fsp3) is 0.317. The molecule has 0 saturated heterocycles. The first-order valence-electron chi connectivity index (χ1n) is 17.9. The van der Waals surface area contributed by atoms with Gasteiger partial charge in [0.1, 0.15) is 18.4 Å². The van der Waals surface area contributed by atoms with E-state index in [-0.39, 0.29) is 42.4 Å². The number of carboxylic acid groups (broad SMARTS) is 1. The van der Waals surface area contributed by atoms with E-state index in [1.54, 1.807) is 27.2 Å². The van der Waals surface area contributed by atoms with E-state index in [1.165, 1.54) is 6.92 Å². The molecule has 54 heavy (non-hydrogen) atoms. The van der Waals surface area contributed by atoms with Gasteiger partial charge in [-0.2, -0.15) is 0 Å². The second-order valence-electron chi connectivity index (χ2n) is 13.8. The molecule has 0 radical (unpaired) electrons. The Morgan fingerprint density at radius 1 is 0.889 bits per heavy atom.